The van der Waals surface area contributed by atoms with Crippen molar-refractivity contribution in [3.63, 3.8) is 0 Å². The van der Waals surface area contributed by atoms with Gasteiger partial charge >= 0.3 is 5.97 Å². The van der Waals surface area contributed by atoms with Crippen LogP contribution in [0.15, 0.2) is 0 Å². The second kappa shape index (κ2) is 5.07. The summed E-state index contributed by atoms with van der Waals surface area (Å²) in [5.41, 5.74) is 0.389. The fraction of sp³-hybridized carbons (Fsp3) is 0.500. The zero-order valence-electron chi connectivity index (χ0n) is 9.40. The number of aryl methyl sites for hydroxylation is 2. The molecule has 0 fully saturated rings. The summed E-state index contributed by atoms with van der Waals surface area (Å²) in [5.74, 6) is -1.83. The molecule has 1 heterocycles. The third-order valence-electron chi connectivity index (χ3n) is 2.11. The molecule has 0 aliphatic heterocycles. The lowest BCUT2D eigenvalue weighted by Crippen LogP contribution is -2.32. The van der Waals surface area contributed by atoms with Crippen molar-refractivity contribution in [3.05, 3.63) is 15.6 Å². The van der Waals surface area contributed by atoms with Gasteiger partial charge in [0.05, 0.1) is 10.9 Å². The van der Waals surface area contributed by atoms with Crippen LogP contribution in [0.4, 0.5) is 0 Å². The molecule has 16 heavy (non-hydrogen) atoms. The van der Waals surface area contributed by atoms with Gasteiger partial charge in [-0.15, -0.1) is 11.3 Å². The zero-order valence-corrected chi connectivity index (χ0v) is 10.2. The largest absolute Gasteiger partial charge is 0.481 e. The van der Waals surface area contributed by atoms with E-state index in [2.05, 4.69) is 10.3 Å². The number of amides is 1. The molecular weight excluding hydrogens is 228 g/mol. The summed E-state index contributed by atoms with van der Waals surface area (Å²) in [5, 5.41) is 12.0. The molecule has 0 saturated carbocycles. The molecule has 5 nitrogen and oxygen atoms in total. The van der Waals surface area contributed by atoms with E-state index < -0.39 is 11.9 Å². The number of thiazole rings is 1. The highest BCUT2D eigenvalue weighted by Gasteiger charge is 2.16. The number of nitrogens with zero attached hydrogens (tertiary/aromatic N) is 1. The maximum atomic E-state index is 11.6. The summed E-state index contributed by atoms with van der Waals surface area (Å²) >= 11 is 1.45. The lowest BCUT2D eigenvalue weighted by Gasteiger charge is -2.07. The third-order valence-corrected chi connectivity index (χ3v) is 3.00. The quantitative estimate of drug-likeness (QED) is 0.831. The van der Waals surface area contributed by atoms with Crippen LogP contribution in [0.25, 0.3) is 0 Å². The normalized spacial score (nSPS) is 12.2. The van der Waals surface area contributed by atoms with Gasteiger partial charge in [-0.05, 0) is 13.8 Å². The van der Waals surface area contributed by atoms with Crippen LogP contribution < -0.4 is 5.32 Å². The Kier molecular flexibility index (Phi) is 4.00. The van der Waals surface area contributed by atoms with E-state index >= 15 is 0 Å². The number of carbonyl (C=O) groups is 2. The van der Waals surface area contributed by atoms with Crippen LogP contribution in [0.2, 0.25) is 0 Å². The average Bonchev–Trinajstić information content (AvgIpc) is 2.53. The monoisotopic (exact) mass is 242 g/mol. The van der Waals surface area contributed by atoms with Gasteiger partial charge in [-0.1, -0.05) is 6.92 Å². The Balaban J connectivity index is 2.60. The number of hydrogen-bond donors (Lipinski definition) is 2. The first kappa shape index (κ1) is 12.6. The fourth-order valence-corrected chi connectivity index (χ4v) is 1.97. The molecule has 0 aliphatic rings. The molecule has 0 aromatic carbocycles. The third kappa shape index (κ3) is 3.03. The highest BCUT2D eigenvalue weighted by atomic mass is 32.1. The minimum absolute atomic E-state index is 0.115. The molecule has 0 spiro atoms. The van der Waals surface area contributed by atoms with Crippen molar-refractivity contribution in [2.24, 2.45) is 5.92 Å². The number of aliphatic carboxylic acids is 1. The van der Waals surface area contributed by atoms with E-state index in [0.29, 0.717) is 5.69 Å². The average molecular weight is 242 g/mol. The van der Waals surface area contributed by atoms with Crippen LogP contribution >= 0.6 is 11.3 Å². The summed E-state index contributed by atoms with van der Waals surface area (Å²) in [6.45, 7) is 5.31. The topological polar surface area (TPSA) is 79.3 Å². The minimum atomic E-state index is -0.925. The molecule has 1 amide bonds. The van der Waals surface area contributed by atoms with Crippen molar-refractivity contribution in [1.82, 2.24) is 10.3 Å². The molecule has 88 valence electrons. The van der Waals surface area contributed by atoms with Gasteiger partial charge in [0, 0.05) is 11.4 Å². The van der Waals surface area contributed by atoms with Crippen LogP contribution in [-0.2, 0) is 4.79 Å². The van der Waals surface area contributed by atoms with Gasteiger partial charge in [-0.25, -0.2) is 4.98 Å². The standard InChI is InChI=1S/C10H14N2O3S/c1-5(10(14)15)4-11-9(13)8-6(2)16-7(3)12-8/h5H,4H2,1-3H3,(H,11,13)(H,14,15). The first-order valence-electron chi connectivity index (χ1n) is 4.87. The van der Waals surface area contributed by atoms with Crippen LogP contribution in [0.5, 0.6) is 0 Å². The van der Waals surface area contributed by atoms with Crippen LogP contribution in [0.1, 0.15) is 27.3 Å². The van der Waals surface area contributed by atoms with Gasteiger partial charge in [0.2, 0.25) is 0 Å². The second-order valence-electron chi connectivity index (χ2n) is 3.59. The van der Waals surface area contributed by atoms with E-state index in [0.717, 1.165) is 9.88 Å². The Bertz CT molecular complexity index is 414. The van der Waals surface area contributed by atoms with Crippen molar-refractivity contribution >= 4 is 23.2 Å². The van der Waals surface area contributed by atoms with E-state index in [4.69, 9.17) is 5.11 Å². The summed E-state index contributed by atoms with van der Waals surface area (Å²) in [7, 11) is 0. The molecule has 1 unspecified atom stereocenters. The predicted octanol–water partition coefficient (Wildman–Crippen LogP) is 1.21. The van der Waals surface area contributed by atoms with Gasteiger partial charge in [-0.2, -0.15) is 0 Å². The Morgan fingerprint density at radius 2 is 2.12 bits per heavy atom. The SMILES string of the molecule is Cc1nc(C(=O)NCC(C)C(=O)O)c(C)s1. The van der Waals surface area contributed by atoms with Crippen molar-refractivity contribution in [2.45, 2.75) is 20.8 Å². The Morgan fingerprint density at radius 3 is 2.56 bits per heavy atom. The van der Waals surface area contributed by atoms with Gasteiger partial charge in [0.25, 0.3) is 5.91 Å². The Hall–Kier alpha value is -1.43. The van der Waals surface area contributed by atoms with Crippen molar-refractivity contribution < 1.29 is 14.7 Å². The van der Waals surface area contributed by atoms with Gasteiger partial charge < -0.3 is 10.4 Å². The number of carboxylic acids is 1. The highest BCUT2D eigenvalue weighted by molar-refractivity contribution is 7.11. The van der Waals surface area contributed by atoms with E-state index in [1.54, 1.807) is 6.92 Å². The summed E-state index contributed by atoms with van der Waals surface area (Å²) in [6.07, 6.45) is 0. The first-order chi connectivity index (χ1) is 7.41. The minimum Gasteiger partial charge on any atom is -0.481 e. The maximum absolute atomic E-state index is 11.6. The van der Waals surface area contributed by atoms with Crippen molar-refractivity contribution in [3.8, 4) is 0 Å². The molecule has 0 saturated heterocycles. The van der Waals surface area contributed by atoms with Crippen LogP contribution in [-0.4, -0.2) is 28.5 Å². The van der Waals surface area contributed by atoms with Gasteiger partial charge in [0.1, 0.15) is 5.69 Å². The molecule has 2 N–H and O–H groups in total. The summed E-state index contributed by atoms with van der Waals surface area (Å²) in [6, 6.07) is 0. The molecule has 1 rings (SSSR count). The van der Waals surface area contributed by atoms with E-state index in [9.17, 15) is 9.59 Å². The van der Waals surface area contributed by atoms with Gasteiger partial charge in [-0.3, -0.25) is 9.59 Å². The van der Waals surface area contributed by atoms with Crippen LogP contribution in [0, 0.1) is 19.8 Å². The van der Waals surface area contributed by atoms with Crippen LogP contribution in [0.3, 0.4) is 0 Å². The molecule has 1 atom stereocenters. The molecule has 1 aromatic rings. The van der Waals surface area contributed by atoms with E-state index in [-0.39, 0.29) is 12.5 Å². The number of aromatic nitrogens is 1. The second-order valence-corrected chi connectivity index (χ2v) is 4.99. The summed E-state index contributed by atoms with van der Waals surface area (Å²) in [4.78, 5) is 27.1. The lowest BCUT2D eigenvalue weighted by atomic mass is 10.2. The van der Waals surface area contributed by atoms with E-state index in [1.165, 1.54) is 11.3 Å². The highest BCUT2D eigenvalue weighted by Crippen LogP contribution is 2.16. The van der Waals surface area contributed by atoms with E-state index in [1.807, 2.05) is 13.8 Å². The zero-order chi connectivity index (χ0) is 12.3. The van der Waals surface area contributed by atoms with Gasteiger partial charge in [0.15, 0.2) is 0 Å². The van der Waals surface area contributed by atoms with Crippen molar-refractivity contribution in [1.29, 1.82) is 0 Å². The number of carboxylic acid groups (broad SMARTS) is 1. The molecular formula is C10H14N2O3S. The molecule has 0 bridgehead atoms. The molecule has 6 heteroatoms. The summed E-state index contributed by atoms with van der Waals surface area (Å²) < 4.78 is 0. The fourth-order valence-electron chi connectivity index (χ4n) is 1.16. The number of nitrogens with one attached hydrogen (secondary N) is 1. The molecule has 0 radical (unpaired) electrons. The maximum Gasteiger partial charge on any atom is 0.308 e. The first-order valence-corrected chi connectivity index (χ1v) is 5.68. The molecule has 1 aromatic heterocycles. The lowest BCUT2D eigenvalue weighted by molar-refractivity contribution is -0.140. The number of carbonyl (C=O) groups excluding carboxylic acids is 1. The number of hydrogen-bond acceptors (Lipinski definition) is 4. The number of rotatable bonds is 4. The smallest absolute Gasteiger partial charge is 0.308 e. The Morgan fingerprint density at radius 1 is 1.50 bits per heavy atom. The van der Waals surface area contributed by atoms with Crippen molar-refractivity contribution in [2.75, 3.05) is 6.54 Å². The Labute approximate surface area is 97.5 Å². The predicted molar refractivity (Wildman–Crippen MR) is 60.7 cm³/mol. The molecule has 0 aliphatic carbocycles.